The third kappa shape index (κ3) is 2.68. The fraction of sp³-hybridized carbons (Fsp3) is 0.500. The van der Waals surface area contributed by atoms with Crippen LogP contribution < -0.4 is 0 Å². The summed E-state index contributed by atoms with van der Waals surface area (Å²) in [6.07, 6.45) is 0.549. The maximum Gasteiger partial charge on any atom is 0.185 e. The van der Waals surface area contributed by atoms with Crippen LogP contribution in [0.4, 0.5) is 0 Å². The Morgan fingerprint density at radius 3 is 2.33 bits per heavy atom. The fourth-order valence-electron chi connectivity index (χ4n) is 0.939. The molecule has 0 atom stereocenters. The van der Waals surface area contributed by atoms with E-state index in [9.17, 15) is 13.2 Å². The molecule has 0 radical (unpaired) electrons. The average Bonchev–Trinajstić information content (AvgIpc) is 2.49. The van der Waals surface area contributed by atoms with Gasteiger partial charge in [-0.05, 0) is 32.9 Å². The molecule has 0 fully saturated rings. The Labute approximate surface area is 89.2 Å². The number of furan rings is 1. The minimum atomic E-state index is -3.26. The molecule has 0 aliphatic rings. The van der Waals surface area contributed by atoms with Crippen LogP contribution in [-0.4, -0.2) is 19.5 Å². The lowest BCUT2D eigenvalue weighted by Crippen LogP contribution is -2.29. The molecular formula is C10H14O4S. The van der Waals surface area contributed by atoms with Gasteiger partial charge in [-0.1, -0.05) is 0 Å². The summed E-state index contributed by atoms with van der Waals surface area (Å²) in [5, 5.41) is 0. The van der Waals surface area contributed by atoms with Gasteiger partial charge in [-0.25, -0.2) is 8.42 Å². The molecule has 0 bridgehead atoms. The van der Waals surface area contributed by atoms with Crippen LogP contribution in [0.25, 0.3) is 0 Å². The van der Waals surface area contributed by atoms with Crippen LogP contribution in [0.1, 0.15) is 37.1 Å². The minimum absolute atomic E-state index is 0.147. The highest BCUT2D eigenvalue weighted by atomic mass is 32.2. The minimum Gasteiger partial charge on any atom is -0.457 e. The van der Waals surface area contributed by atoms with E-state index < -0.39 is 14.6 Å². The van der Waals surface area contributed by atoms with E-state index in [1.807, 2.05) is 0 Å². The topological polar surface area (TPSA) is 64.3 Å². The van der Waals surface area contributed by atoms with Crippen molar-refractivity contribution in [3.05, 3.63) is 23.7 Å². The summed E-state index contributed by atoms with van der Waals surface area (Å²) in [5.41, 5.74) is 0. The SMILES string of the molecule is CC(C)(C)S(=O)(=O)Cc1ccc(C=O)o1. The second kappa shape index (κ2) is 3.81. The van der Waals surface area contributed by atoms with Gasteiger partial charge in [-0.3, -0.25) is 4.79 Å². The largest absolute Gasteiger partial charge is 0.457 e. The quantitative estimate of drug-likeness (QED) is 0.743. The van der Waals surface area contributed by atoms with Gasteiger partial charge in [-0.2, -0.15) is 0 Å². The molecule has 1 aromatic rings. The molecule has 4 nitrogen and oxygen atoms in total. The van der Waals surface area contributed by atoms with E-state index in [2.05, 4.69) is 0 Å². The van der Waals surface area contributed by atoms with Gasteiger partial charge in [0.2, 0.25) is 0 Å². The zero-order valence-corrected chi connectivity index (χ0v) is 9.80. The molecule has 0 aliphatic heterocycles. The van der Waals surface area contributed by atoms with Crippen LogP contribution in [0, 0.1) is 0 Å². The molecule has 0 unspecified atom stereocenters. The van der Waals surface area contributed by atoms with E-state index in [4.69, 9.17) is 4.42 Å². The summed E-state index contributed by atoms with van der Waals surface area (Å²) in [7, 11) is -3.26. The van der Waals surface area contributed by atoms with Gasteiger partial charge in [0.15, 0.2) is 21.9 Å². The van der Waals surface area contributed by atoms with Gasteiger partial charge in [0.25, 0.3) is 0 Å². The number of carbonyl (C=O) groups excluding carboxylic acids is 1. The molecule has 84 valence electrons. The van der Waals surface area contributed by atoms with E-state index in [0.29, 0.717) is 12.0 Å². The zero-order chi connectivity index (χ0) is 11.7. The maximum absolute atomic E-state index is 11.8. The first-order valence-corrected chi connectivity index (χ1v) is 6.18. The molecule has 0 aromatic carbocycles. The highest BCUT2D eigenvalue weighted by molar-refractivity contribution is 7.91. The molecule has 0 saturated carbocycles. The summed E-state index contributed by atoms with van der Waals surface area (Å²) in [6.45, 7) is 4.89. The van der Waals surface area contributed by atoms with E-state index in [-0.39, 0.29) is 11.5 Å². The molecule has 0 saturated heterocycles. The van der Waals surface area contributed by atoms with Gasteiger partial charge in [0, 0.05) is 0 Å². The van der Waals surface area contributed by atoms with Crippen LogP contribution in [0.3, 0.4) is 0 Å². The Morgan fingerprint density at radius 2 is 1.93 bits per heavy atom. The van der Waals surface area contributed by atoms with Crippen molar-refractivity contribution in [2.75, 3.05) is 0 Å². The average molecular weight is 230 g/mol. The van der Waals surface area contributed by atoms with Crippen LogP contribution in [-0.2, 0) is 15.6 Å². The standard InChI is InChI=1S/C10H14O4S/c1-10(2,3)15(12,13)7-9-5-4-8(6-11)14-9/h4-6H,7H2,1-3H3. The van der Waals surface area contributed by atoms with Crippen molar-refractivity contribution in [2.24, 2.45) is 0 Å². The zero-order valence-electron chi connectivity index (χ0n) is 8.98. The first kappa shape index (κ1) is 12.0. The van der Waals surface area contributed by atoms with Crippen molar-refractivity contribution in [3.8, 4) is 0 Å². The Morgan fingerprint density at radius 1 is 1.33 bits per heavy atom. The third-order valence-corrected chi connectivity index (χ3v) is 4.59. The van der Waals surface area contributed by atoms with Crippen molar-refractivity contribution in [2.45, 2.75) is 31.3 Å². The predicted octanol–water partition coefficient (Wildman–Crippen LogP) is 1.81. The van der Waals surface area contributed by atoms with E-state index >= 15 is 0 Å². The van der Waals surface area contributed by atoms with E-state index in [1.165, 1.54) is 12.1 Å². The highest BCUT2D eigenvalue weighted by Gasteiger charge is 2.30. The highest BCUT2D eigenvalue weighted by Crippen LogP contribution is 2.21. The fourth-order valence-corrected chi connectivity index (χ4v) is 1.90. The van der Waals surface area contributed by atoms with Gasteiger partial charge in [-0.15, -0.1) is 0 Å². The number of sulfone groups is 1. The first-order valence-electron chi connectivity index (χ1n) is 4.52. The molecular weight excluding hydrogens is 216 g/mol. The smallest absolute Gasteiger partial charge is 0.185 e. The monoisotopic (exact) mass is 230 g/mol. The molecule has 1 rings (SSSR count). The first-order chi connectivity index (χ1) is 6.76. The summed E-state index contributed by atoms with van der Waals surface area (Å²) in [4.78, 5) is 10.3. The van der Waals surface area contributed by atoms with Crippen molar-refractivity contribution in [1.82, 2.24) is 0 Å². The van der Waals surface area contributed by atoms with Crippen molar-refractivity contribution >= 4 is 16.1 Å². The van der Waals surface area contributed by atoms with Crippen LogP contribution >= 0.6 is 0 Å². The Hall–Kier alpha value is -1.10. The summed E-state index contributed by atoms with van der Waals surface area (Å²) < 4.78 is 27.7. The lowest BCUT2D eigenvalue weighted by atomic mass is 10.3. The predicted molar refractivity (Wildman–Crippen MR) is 56.5 cm³/mol. The van der Waals surface area contributed by atoms with E-state index in [1.54, 1.807) is 20.8 Å². The van der Waals surface area contributed by atoms with Crippen LogP contribution in [0.15, 0.2) is 16.5 Å². The van der Waals surface area contributed by atoms with E-state index in [0.717, 1.165) is 0 Å². The summed E-state index contributed by atoms with van der Waals surface area (Å²) >= 11 is 0. The number of hydrogen-bond donors (Lipinski definition) is 0. The number of rotatable bonds is 3. The van der Waals surface area contributed by atoms with Crippen molar-refractivity contribution in [1.29, 1.82) is 0 Å². The molecule has 1 heterocycles. The molecule has 5 heteroatoms. The Bertz CT molecular complexity index is 448. The van der Waals surface area contributed by atoms with Gasteiger partial charge < -0.3 is 4.42 Å². The van der Waals surface area contributed by atoms with Gasteiger partial charge in [0.1, 0.15) is 11.5 Å². The second-order valence-electron chi connectivity index (χ2n) is 4.29. The van der Waals surface area contributed by atoms with Gasteiger partial charge in [0.05, 0.1) is 4.75 Å². The Kier molecular flexibility index (Phi) is 3.04. The maximum atomic E-state index is 11.8. The van der Waals surface area contributed by atoms with Crippen LogP contribution in [0.2, 0.25) is 0 Å². The Balaban J connectivity index is 2.92. The number of aldehydes is 1. The van der Waals surface area contributed by atoms with Crippen LogP contribution in [0.5, 0.6) is 0 Å². The molecule has 0 amide bonds. The summed E-state index contributed by atoms with van der Waals surface area (Å²) in [6, 6.07) is 2.97. The number of hydrogen-bond acceptors (Lipinski definition) is 4. The van der Waals surface area contributed by atoms with Gasteiger partial charge >= 0.3 is 0 Å². The molecule has 0 aliphatic carbocycles. The lowest BCUT2D eigenvalue weighted by molar-refractivity contribution is 0.109. The lowest BCUT2D eigenvalue weighted by Gasteiger charge is -2.17. The molecule has 0 spiro atoms. The second-order valence-corrected chi connectivity index (χ2v) is 7.04. The third-order valence-electron chi connectivity index (χ3n) is 2.06. The molecule has 15 heavy (non-hydrogen) atoms. The van der Waals surface area contributed by atoms with Crippen molar-refractivity contribution < 1.29 is 17.6 Å². The molecule has 1 aromatic heterocycles. The van der Waals surface area contributed by atoms with Crippen molar-refractivity contribution in [3.63, 3.8) is 0 Å². The summed E-state index contributed by atoms with van der Waals surface area (Å²) in [5.74, 6) is 0.269. The number of carbonyl (C=O) groups is 1. The normalized spacial score (nSPS) is 12.7. The molecule has 0 N–H and O–H groups in total.